The second-order valence-electron chi connectivity index (χ2n) is 2.19. The van der Waals surface area contributed by atoms with Crippen molar-refractivity contribution in [3.8, 4) is 0 Å². The molecule has 0 heterocycles. The molecule has 0 bridgehead atoms. The first-order valence-electron chi connectivity index (χ1n) is 3.81. The van der Waals surface area contributed by atoms with E-state index in [0.717, 1.165) is 24.4 Å². The van der Waals surface area contributed by atoms with Gasteiger partial charge in [0.15, 0.2) is 0 Å². The number of hydrogen-bond donors (Lipinski definition) is 0. The monoisotopic (exact) mass is 154 g/mol. The summed E-state index contributed by atoms with van der Waals surface area (Å²) in [5.74, 6) is 1.49. The van der Waals surface area contributed by atoms with Crippen molar-refractivity contribution in [1.82, 2.24) is 0 Å². The molecular weight excluding hydrogens is 139 g/mol. The van der Waals surface area contributed by atoms with Crippen LogP contribution in [0.25, 0.3) is 0 Å². The summed E-state index contributed by atoms with van der Waals surface area (Å²) in [7, 11) is 0.235. The minimum Gasteiger partial charge on any atom is -0.533 e. The molecule has 0 unspecified atom stereocenters. The number of allylic oxidation sites excluding steroid dienone is 2. The van der Waals surface area contributed by atoms with E-state index < -0.39 is 0 Å². The standard InChI is InChI=1S/C8H15BO2/c1-5-7(3)10-9-11-8(4)6-2/h9H,3-6H2,1-2H3. The second kappa shape index (κ2) is 5.89. The highest BCUT2D eigenvalue weighted by Crippen LogP contribution is 2.01. The van der Waals surface area contributed by atoms with Crippen molar-refractivity contribution < 1.29 is 9.31 Å². The third-order valence-corrected chi connectivity index (χ3v) is 1.31. The Morgan fingerprint density at radius 2 is 1.45 bits per heavy atom. The maximum atomic E-state index is 5.09. The summed E-state index contributed by atoms with van der Waals surface area (Å²) in [5.41, 5.74) is 0. The average molecular weight is 154 g/mol. The molecule has 0 aromatic rings. The zero-order valence-electron chi connectivity index (χ0n) is 7.35. The summed E-state index contributed by atoms with van der Waals surface area (Å²) in [4.78, 5) is 0. The molecule has 2 nitrogen and oxygen atoms in total. The molecule has 0 aliphatic carbocycles. The molecule has 0 amide bonds. The first-order chi connectivity index (χ1) is 5.20. The van der Waals surface area contributed by atoms with Gasteiger partial charge in [-0.3, -0.25) is 0 Å². The van der Waals surface area contributed by atoms with Crippen molar-refractivity contribution in [3.63, 3.8) is 0 Å². The fraction of sp³-hybridized carbons (Fsp3) is 0.500. The van der Waals surface area contributed by atoms with Gasteiger partial charge in [-0.25, -0.2) is 0 Å². The maximum Gasteiger partial charge on any atom is 0.576 e. The van der Waals surface area contributed by atoms with E-state index in [4.69, 9.17) is 9.31 Å². The van der Waals surface area contributed by atoms with Crippen molar-refractivity contribution in [3.05, 3.63) is 24.7 Å². The van der Waals surface area contributed by atoms with Gasteiger partial charge in [-0.1, -0.05) is 27.0 Å². The normalized spacial score (nSPS) is 8.55. The van der Waals surface area contributed by atoms with Crippen LogP contribution >= 0.6 is 0 Å². The summed E-state index contributed by atoms with van der Waals surface area (Å²) < 4.78 is 10.2. The number of rotatable bonds is 6. The molecule has 11 heavy (non-hydrogen) atoms. The molecule has 0 aliphatic rings. The molecule has 0 aliphatic heterocycles. The van der Waals surface area contributed by atoms with E-state index in [1.165, 1.54) is 0 Å². The fourth-order valence-corrected chi connectivity index (χ4v) is 0.400. The van der Waals surface area contributed by atoms with Crippen LogP contribution in [0.5, 0.6) is 0 Å². The summed E-state index contributed by atoms with van der Waals surface area (Å²) in [6.07, 6.45) is 1.64. The van der Waals surface area contributed by atoms with Gasteiger partial charge in [0.25, 0.3) is 0 Å². The molecule has 0 saturated carbocycles. The third kappa shape index (κ3) is 5.58. The van der Waals surface area contributed by atoms with E-state index in [1.807, 2.05) is 13.8 Å². The fourth-order valence-electron chi connectivity index (χ4n) is 0.400. The molecule has 0 fully saturated rings. The summed E-state index contributed by atoms with van der Waals surface area (Å²) in [5, 5.41) is 0. The van der Waals surface area contributed by atoms with Gasteiger partial charge in [0.2, 0.25) is 0 Å². The van der Waals surface area contributed by atoms with Gasteiger partial charge in [0.05, 0.1) is 11.5 Å². The first-order valence-corrected chi connectivity index (χ1v) is 3.81. The van der Waals surface area contributed by atoms with E-state index in [2.05, 4.69) is 13.2 Å². The number of hydrogen-bond acceptors (Lipinski definition) is 2. The van der Waals surface area contributed by atoms with E-state index in [-0.39, 0.29) is 7.69 Å². The van der Waals surface area contributed by atoms with Crippen LogP contribution in [0.3, 0.4) is 0 Å². The highest BCUT2D eigenvalue weighted by Gasteiger charge is 1.96. The molecule has 62 valence electrons. The van der Waals surface area contributed by atoms with Crippen LogP contribution in [0, 0.1) is 0 Å². The van der Waals surface area contributed by atoms with E-state index in [9.17, 15) is 0 Å². The Bertz CT molecular complexity index is 127. The highest BCUT2D eigenvalue weighted by atomic mass is 16.6. The molecule has 3 heteroatoms. The first kappa shape index (κ1) is 10.1. The zero-order chi connectivity index (χ0) is 8.69. The van der Waals surface area contributed by atoms with Gasteiger partial charge < -0.3 is 9.31 Å². The van der Waals surface area contributed by atoms with Crippen LogP contribution < -0.4 is 0 Å². The predicted octanol–water partition coefficient (Wildman–Crippen LogP) is 2.13. The van der Waals surface area contributed by atoms with E-state index >= 15 is 0 Å². The Hall–Kier alpha value is -0.855. The van der Waals surface area contributed by atoms with Crippen molar-refractivity contribution in [2.75, 3.05) is 0 Å². The van der Waals surface area contributed by atoms with Crippen LogP contribution in [0.4, 0.5) is 0 Å². The molecule has 0 atom stereocenters. The molecule has 0 saturated heterocycles. The lowest BCUT2D eigenvalue weighted by Crippen LogP contribution is -2.02. The lowest BCUT2D eigenvalue weighted by molar-refractivity contribution is 0.313. The molecule has 0 aromatic carbocycles. The van der Waals surface area contributed by atoms with Gasteiger partial charge in [-0.15, -0.1) is 0 Å². The Kier molecular flexibility index (Phi) is 5.44. The van der Waals surface area contributed by atoms with Crippen LogP contribution in [0.15, 0.2) is 24.7 Å². The van der Waals surface area contributed by atoms with Crippen molar-refractivity contribution >= 4 is 7.69 Å². The summed E-state index contributed by atoms with van der Waals surface area (Å²) in [6, 6.07) is 0. The van der Waals surface area contributed by atoms with Crippen LogP contribution in [0.1, 0.15) is 26.7 Å². The highest BCUT2D eigenvalue weighted by molar-refractivity contribution is 6.19. The minimum atomic E-state index is 0.235. The smallest absolute Gasteiger partial charge is 0.533 e. The van der Waals surface area contributed by atoms with Crippen LogP contribution in [-0.4, -0.2) is 7.69 Å². The van der Waals surface area contributed by atoms with E-state index in [0.29, 0.717) is 0 Å². The minimum absolute atomic E-state index is 0.235. The Morgan fingerprint density at radius 1 is 1.09 bits per heavy atom. The van der Waals surface area contributed by atoms with Crippen molar-refractivity contribution in [2.24, 2.45) is 0 Å². The molecule has 0 spiro atoms. The van der Waals surface area contributed by atoms with Gasteiger partial charge in [0, 0.05) is 0 Å². The second-order valence-corrected chi connectivity index (χ2v) is 2.19. The van der Waals surface area contributed by atoms with Crippen LogP contribution in [0.2, 0.25) is 0 Å². The Balaban J connectivity index is 3.27. The summed E-state index contributed by atoms with van der Waals surface area (Å²) in [6.45, 7) is 11.3. The lowest BCUT2D eigenvalue weighted by Gasteiger charge is -2.08. The SMILES string of the molecule is C=C(CC)OBOC(=C)CC. The van der Waals surface area contributed by atoms with E-state index in [1.54, 1.807) is 0 Å². The Morgan fingerprint density at radius 3 is 1.73 bits per heavy atom. The molecular formula is C8H15BO2. The maximum absolute atomic E-state index is 5.09. The van der Waals surface area contributed by atoms with Gasteiger partial charge in [0.1, 0.15) is 0 Å². The molecule has 0 aromatic heterocycles. The van der Waals surface area contributed by atoms with Gasteiger partial charge >= 0.3 is 7.69 Å². The van der Waals surface area contributed by atoms with Crippen molar-refractivity contribution in [2.45, 2.75) is 26.7 Å². The Labute approximate surface area is 69.2 Å². The zero-order valence-corrected chi connectivity index (χ0v) is 7.35. The quantitative estimate of drug-likeness (QED) is 0.431. The molecule has 0 N–H and O–H groups in total. The largest absolute Gasteiger partial charge is 0.576 e. The molecule has 0 rings (SSSR count). The third-order valence-electron chi connectivity index (χ3n) is 1.31. The predicted molar refractivity (Wildman–Crippen MR) is 48.2 cm³/mol. The van der Waals surface area contributed by atoms with Gasteiger partial charge in [-0.2, -0.15) is 0 Å². The van der Waals surface area contributed by atoms with Crippen LogP contribution in [-0.2, 0) is 9.31 Å². The molecule has 0 radical (unpaired) electrons. The topological polar surface area (TPSA) is 18.5 Å². The lowest BCUT2D eigenvalue weighted by atomic mass is 10.3. The van der Waals surface area contributed by atoms with Crippen molar-refractivity contribution in [1.29, 1.82) is 0 Å². The summed E-state index contributed by atoms with van der Waals surface area (Å²) >= 11 is 0. The van der Waals surface area contributed by atoms with Gasteiger partial charge in [-0.05, 0) is 12.8 Å². The average Bonchev–Trinajstić information content (AvgIpc) is 2.04.